The highest BCUT2D eigenvalue weighted by Crippen LogP contribution is 2.32. The van der Waals surface area contributed by atoms with Gasteiger partial charge in [0.15, 0.2) is 0 Å². The highest BCUT2D eigenvalue weighted by Gasteiger charge is 2.18. The molecule has 0 saturated heterocycles. The van der Waals surface area contributed by atoms with Gasteiger partial charge in [-0.15, -0.1) is 0 Å². The SMILES string of the molecule is CCCCC(CC)CC(NCCC)c1cc(I)ccc1Br. The number of hydrogen-bond donors (Lipinski definition) is 1. The van der Waals surface area contributed by atoms with Gasteiger partial charge in [0.05, 0.1) is 0 Å². The average Bonchev–Trinajstić information content (AvgIpc) is 2.49. The van der Waals surface area contributed by atoms with Crippen LogP contribution in [0.4, 0.5) is 0 Å². The molecule has 0 aliphatic rings. The molecule has 0 aromatic heterocycles. The topological polar surface area (TPSA) is 12.0 Å². The molecule has 0 aliphatic heterocycles. The molecule has 1 aromatic rings. The van der Waals surface area contributed by atoms with Crippen molar-refractivity contribution in [3.05, 3.63) is 31.8 Å². The highest BCUT2D eigenvalue weighted by molar-refractivity contribution is 14.1. The summed E-state index contributed by atoms with van der Waals surface area (Å²) in [6.07, 6.45) is 7.73. The van der Waals surface area contributed by atoms with E-state index >= 15 is 0 Å². The van der Waals surface area contributed by atoms with Gasteiger partial charge in [0.1, 0.15) is 0 Å². The standard InChI is InChI=1S/C18H29BrIN/c1-4-7-8-14(6-3)12-18(21-11-5-2)16-13-15(20)9-10-17(16)19/h9-10,13-14,18,21H,4-8,11-12H2,1-3H3. The molecule has 1 rings (SSSR count). The van der Waals surface area contributed by atoms with Crippen LogP contribution in [0.1, 0.15) is 70.9 Å². The van der Waals surface area contributed by atoms with E-state index in [0.717, 1.165) is 12.5 Å². The molecule has 2 atom stereocenters. The Kier molecular flexibility index (Phi) is 10.2. The summed E-state index contributed by atoms with van der Waals surface area (Å²) in [6.45, 7) is 7.95. The molecule has 1 nitrogen and oxygen atoms in total. The van der Waals surface area contributed by atoms with Crippen LogP contribution in [0.2, 0.25) is 0 Å². The molecule has 21 heavy (non-hydrogen) atoms. The van der Waals surface area contributed by atoms with E-state index in [1.54, 1.807) is 0 Å². The smallest absolute Gasteiger partial charge is 0.0334 e. The van der Waals surface area contributed by atoms with Gasteiger partial charge in [0, 0.05) is 14.1 Å². The number of unbranched alkanes of at least 4 members (excludes halogenated alkanes) is 1. The van der Waals surface area contributed by atoms with Crippen LogP contribution in [-0.2, 0) is 0 Å². The predicted octanol–water partition coefficient (Wildman–Crippen LogP) is 6.70. The second-order valence-electron chi connectivity index (χ2n) is 5.82. The Morgan fingerprint density at radius 1 is 1.19 bits per heavy atom. The first-order valence-electron chi connectivity index (χ1n) is 8.30. The van der Waals surface area contributed by atoms with Crippen molar-refractivity contribution in [1.29, 1.82) is 0 Å². The fourth-order valence-electron chi connectivity index (χ4n) is 2.74. The quantitative estimate of drug-likeness (QED) is 0.379. The van der Waals surface area contributed by atoms with Crippen molar-refractivity contribution in [3.8, 4) is 0 Å². The number of hydrogen-bond acceptors (Lipinski definition) is 1. The summed E-state index contributed by atoms with van der Waals surface area (Å²) in [5.41, 5.74) is 1.42. The summed E-state index contributed by atoms with van der Waals surface area (Å²) in [6, 6.07) is 7.14. The summed E-state index contributed by atoms with van der Waals surface area (Å²) in [5, 5.41) is 3.76. The normalized spacial score (nSPS) is 14.1. The van der Waals surface area contributed by atoms with Crippen LogP contribution in [0.25, 0.3) is 0 Å². The van der Waals surface area contributed by atoms with Crippen LogP contribution in [0.3, 0.4) is 0 Å². The lowest BCUT2D eigenvalue weighted by Crippen LogP contribution is -2.25. The van der Waals surface area contributed by atoms with E-state index in [1.807, 2.05) is 0 Å². The number of nitrogens with one attached hydrogen (secondary N) is 1. The van der Waals surface area contributed by atoms with E-state index in [2.05, 4.69) is 82.8 Å². The van der Waals surface area contributed by atoms with Crippen molar-refractivity contribution in [2.45, 2.75) is 65.3 Å². The second-order valence-corrected chi connectivity index (χ2v) is 7.92. The third-order valence-corrected chi connectivity index (χ3v) is 5.48. The third kappa shape index (κ3) is 7.00. The van der Waals surface area contributed by atoms with Gasteiger partial charge in [-0.05, 0) is 71.7 Å². The van der Waals surface area contributed by atoms with E-state index < -0.39 is 0 Å². The van der Waals surface area contributed by atoms with Crippen LogP contribution in [-0.4, -0.2) is 6.54 Å². The molecule has 1 N–H and O–H groups in total. The number of benzene rings is 1. The van der Waals surface area contributed by atoms with E-state index in [-0.39, 0.29) is 0 Å². The number of rotatable bonds is 10. The molecule has 2 unspecified atom stereocenters. The first-order valence-corrected chi connectivity index (χ1v) is 10.2. The zero-order valence-electron chi connectivity index (χ0n) is 13.6. The van der Waals surface area contributed by atoms with Crippen LogP contribution >= 0.6 is 38.5 Å². The van der Waals surface area contributed by atoms with Crippen molar-refractivity contribution < 1.29 is 0 Å². The van der Waals surface area contributed by atoms with E-state index in [1.165, 1.54) is 52.1 Å². The van der Waals surface area contributed by atoms with Gasteiger partial charge in [-0.3, -0.25) is 0 Å². The molecule has 0 saturated carbocycles. The van der Waals surface area contributed by atoms with Gasteiger partial charge in [-0.2, -0.15) is 0 Å². The van der Waals surface area contributed by atoms with Gasteiger partial charge >= 0.3 is 0 Å². The molecule has 0 amide bonds. The minimum absolute atomic E-state index is 0.468. The van der Waals surface area contributed by atoms with E-state index in [0.29, 0.717) is 6.04 Å². The molecular weight excluding hydrogens is 437 g/mol. The first kappa shape index (κ1) is 19.4. The molecule has 0 fully saturated rings. The molecule has 0 radical (unpaired) electrons. The van der Waals surface area contributed by atoms with Crippen molar-refractivity contribution in [2.24, 2.45) is 5.92 Å². The lowest BCUT2D eigenvalue weighted by molar-refractivity contribution is 0.353. The largest absolute Gasteiger partial charge is 0.310 e. The van der Waals surface area contributed by atoms with E-state index in [9.17, 15) is 0 Å². The Labute approximate surface area is 152 Å². The molecule has 0 heterocycles. The summed E-state index contributed by atoms with van der Waals surface area (Å²) in [7, 11) is 0. The molecule has 3 heteroatoms. The molecule has 0 bridgehead atoms. The van der Waals surface area contributed by atoms with Gasteiger partial charge in [-0.1, -0.05) is 62.4 Å². The van der Waals surface area contributed by atoms with Crippen molar-refractivity contribution in [3.63, 3.8) is 0 Å². The summed E-state index contributed by atoms with van der Waals surface area (Å²) in [5.74, 6) is 0.823. The van der Waals surface area contributed by atoms with Crippen LogP contribution in [0.5, 0.6) is 0 Å². The van der Waals surface area contributed by atoms with Crippen molar-refractivity contribution >= 4 is 38.5 Å². The Hall–Kier alpha value is 0.390. The number of halogens is 2. The molecule has 120 valence electrons. The maximum atomic E-state index is 3.76. The van der Waals surface area contributed by atoms with Crippen LogP contribution in [0, 0.1) is 9.49 Å². The molecule has 1 aromatic carbocycles. The van der Waals surface area contributed by atoms with Gasteiger partial charge in [-0.25, -0.2) is 0 Å². The first-order chi connectivity index (χ1) is 10.1. The lowest BCUT2D eigenvalue weighted by Gasteiger charge is -2.25. The summed E-state index contributed by atoms with van der Waals surface area (Å²) < 4.78 is 2.55. The van der Waals surface area contributed by atoms with Crippen molar-refractivity contribution in [2.75, 3.05) is 6.54 Å². The average molecular weight is 466 g/mol. The fourth-order valence-corrected chi connectivity index (χ4v) is 3.77. The zero-order chi connectivity index (χ0) is 15.7. The zero-order valence-corrected chi connectivity index (χ0v) is 17.3. The Bertz CT molecular complexity index is 408. The minimum atomic E-state index is 0.468. The Morgan fingerprint density at radius 3 is 2.57 bits per heavy atom. The fraction of sp³-hybridized carbons (Fsp3) is 0.667. The van der Waals surface area contributed by atoms with Crippen molar-refractivity contribution in [1.82, 2.24) is 5.32 Å². The predicted molar refractivity (Wildman–Crippen MR) is 106 cm³/mol. The van der Waals surface area contributed by atoms with Gasteiger partial charge in [0.2, 0.25) is 0 Å². The van der Waals surface area contributed by atoms with E-state index in [4.69, 9.17) is 0 Å². The van der Waals surface area contributed by atoms with Gasteiger partial charge < -0.3 is 5.32 Å². The maximum absolute atomic E-state index is 3.76. The Balaban J connectivity index is 2.85. The minimum Gasteiger partial charge on any atom is -0.310 e. The second kappa shape index (κ2) is 11.0. The van der Waals surface area contributed by atoms with Crippen LogP contribution in [0.15, 0.2) is 22.7 Å². The maximum Gasteiger partial charge on any atom is 0.0334 e. The third-order valence-electron chi connectivity index (χ3n) is 4.09. The molecule has 0 aliphatic carbocycles. The Morgan fingerprint density at radius 2 is 1.95 bits per heavy atom. The summed E-state index contributed by atoms with van der Waals surface area (Å²) in [4.78, 5) is 0. The summed E-state index contributed by atoms with van der Waals surface area (Å²) >= 11 is 6.15. The lowest BCUT2D eigenvalue weighted by atomic mass is 9.89. The highest BCUT2D eigenvalue weighted by atomic mass is 127. The monoisotopic (exact) mass is 465 g/mol. The molecular formula is C18H29BrIN. The molecule has 0 spiro atoms. The van der Waals surface area contributed by atoms with Crippen LogP contribution < -0.4 is 5.32 Å². The van der Waals surface area contributed by atoms with Gasteiger partial charge in [0.25, 0.3) is 0 Å².